The largest absolute Gasteiger partial charge is 0.384 e. The van der Waals surface area contributed by atoms with Gasteiger partial charge in [-0.3, -0.25) is 4.79 Å². The van der Waals surface area contributed by atoms with Gasteiger partial charge < -0.3 is 14.9 Å². The third-order valence-electron chi connectivity index (χ3n) is 3.88. The van der Waals surface area contributed by atoms with Crippen molar-refractivity contribution in [3.05, 3.63) is 47.5 Å². The number of hydrogen-bond acceptors (Lipinski definition) is 4. The number of allylic oxidation sites excluding steroid dienone is 1. The van der Waals surface area contributed by atoms with Gasteiger partial charge in [-0.25, -0.2) is 0 Å². The predicted octanol–water partition coefficient (Wildman–Crippen LogP) is 2.87. The van der Waals surface area contributed by atoms with Crippen LogP contribution in [-0.2, 0) is 9.59 Å². The summed E-state index contributed by atoms with van der Waals surface area (Å²) >= 11 is 0. The van der Waals surface area contributed by atoms with E-state index in [1.807, 2.05) is 36.4 Å². The zero-order chi connectivity index (χ0) is 15.5. The van der Waals surface area contributed by atoms with E-state index in [9.17, 15) is 14.4 Å². The standard InChI is InChI=1S/C18H15NO3/c20-10-12(11-21)8-9-19-15-6-4-13-2-1-3-14-5-7-16(22)18(15)17(13)14/h1-7,10-12,19H,8-9H2. The van der Waals surface area contributed by atoms with Crippen LogP contribution in [0.2, 0.25) is 0 Å². The lowest BCUT2D eigenvalue weighted by atomic mass is 9.91. The Morgan fingerprint density at radius 3 is 2.64 bits per heavy atom. The van der Waals surface area contributed by atoms with Crippen molar-refractivity contribution < 1.29 is 14.4 Å². The summed E-state index contributed by atoms with van der Waals surface area (Å²) < 4.78 is 0. The van der Waals surface area contributed by atoms with Gasteiger partial charge in [0, 0.05) is 17.6 Å². The van der Waals surface area contributed by atoms with Crippen LogP contribution in [0.1, 0.15) is 22.3 Å². The summed E-state index contributed by atoms with van der Waals surface area (Å²) in [6.07, 6.45) is 5.10. The van der Waals surface area contributed by atoms with E-state index in [0.717, 1.165) is 22.0 Å². The monoisotopic (exact) mass is 293 g/mol. The van der Waals surface area contributed by atoms with E-state index < -0.39 is 5.92 Å². The number of carbonyl (C=O) groups is 3. The molecule has 1 aliphatic carbocycles. The first kappa shape index (κ1) is 14.2. The maximum absolute atomic E-state index is 12.3. The summed E-state index contributed by atoms with van der Waals surface area (Å²) in [5.74, 6) is -0.635. The van der Waals surface area contributed by atoms with Gasteiger partial charge in [0.1, 0.15) is 12.6 Å². The van der Waals surface area contributed by atoms with Crippen molar-refractivity contribution in [3.63, 3.8) is 0 Å². The normalized spacial score (nSPS) is 12.7. The minimum atomic E-state index is -0.601. The lowest BCUT2D eigenvalue weighted by molar-refractivity contribution is -0.119. The van der Waals surface area contributed by atoms with E-state index in [1.54, 1.807) is 6.08 Å². The number of anilines is 1. The maximum atomic E-state index is 12.3. The van der Waals surface area contributed by atoms with Crippen LogP contribution in [0, 0.1) is 5.92 Å². The Hall–Kier alpha value is -2.75. The number of hydrogen-bond donors (Lipinski definition) is 1. The Balaban J connectivity index is 1.94. The molecule has 2 aromatic rings. The molecule has 4 nitrogen and oxygen atoms in total. The van der Waals surface area contributed by atoms with Gasteiger partial charge in [-0.1, -0.05) is 30.3 Å². The number of carbonyl (C=O) groups excluding carboxylic acids is 3. The van der Waals surface area contributed by atoms with Crippen LogP contribution in [0.3, 0.4) is 0 Å². The third kappa shape index (κ3) is 2.44. The van der Waals surface area contributed by atoms with Crippen molar-refractivity contribution in [2.75, 3.05) is 11.9 Å². The lowest BCUT2D eigenvalue weighted by Crippen LogP contribution is -2.14. The van der Waals surface area contributed by atoms with Crippen LogP contribution in [0.5, 0.6) is 0 Å². The predicted molar refractivity (Wildman–Crippen MR) is 86.0 cm³/mol. The van der Waals surface area contributed by atoms with Gasteiger partial charge in [0.25, 0.3) is 0 Å². The SMILES string of the molecule is O=CC(C=O)CCNc1ccc2cccc3c2c1C(=O)C=C3. The van der Waals surface area contributed by atoms with Gasteiger partial charge in [0.2, 0.25) is 0 Å². The molecule has 0 spiro atoms. The van der Waals surface area contributed by atoms with Crippen LogP contribution < -0.4 is 5.32 Å². The van der Waals surface area contributed by atoms with E-state index in [0.29, 0.717) is 31.1 Å². The zero-order valence-corrected chi connectivity index (χ0v) is 11.9. The minimum absolute atomic E-state index is 0.0332. The first-order chi connectivity index (χ1) is 10.7. The Morgan fingerprint density at radius 1 is 1.05 bits per heavy atom. The average Bonchev–Trinajstić information content (AvgIpc) is 2.56. The molecule has 110 valence electrons. The van der Waals surface area contributed by atoms with Gasteiger partial charge >= 0.3 is 0 Å². The van der Waals surface area contributed by atoms with E-state index in [4.69, 9.17) is 0 Å². The number of rotatable bonds is 6. The quantitative estimate of drug-likeness (QED) is 0.657. The molecule has 22 heavy (non-hydrogen) atoms. The molecule has 1 aliphatic rings. The van der Waals surface area contributed by atoms with Crippen LogP contribution in [0.4, 0.5) is 5.69 Å². The molecule has 4 heteroatoms. The summed E-state index contributed by atoms with van der Waals surface area (Å²) in [5, 5.41) is 5.14. The van der Waals surface area contributed by atoms with E-state index in [2.05, 4.69) is 5.32 Å². The molecule has 1 N–H and O–H groups in total. The minimum Gasteiger partial charge on any atom is -0.384 e. The summed E-state index contributed by atoms with van der Waals surface area (Å²) in [5.41, 5.74) is 2.42. The molecule has 0 amide bonds. The van der Waals surface area contributed by atoms with E-state index in [-0.39, 0.29) is 5.78 Å². The fourth-order valence-electron chi connectivity index (χ4n) is 2.74. The molecule has 0 unspecified atom stereocenters. The Kier molecular flexibility index (Phi) is 3.83. The van der Waals surface area contributed by atoms with Crippen LogP contribution >= 0.6 is 0 Å². The van der Waals surface area contributed by atoms with Crippen molar-refractivity contribution >= 4 is 40.9 Å². The molecule has 0 aliphatic heterocycles. The zero-order valence-electron chi connectivity index (χ0n) is 11.9. The van der Waals surface area contributed by atoms with Crippen molar-refractivity contribution in [1.29, 1.82) is 0 Å². The number of benzene rings is 2. The molecular formula is C18H15NO3. The number of aldehydes is 2. The second kappa shape index (κ2) is 5.93. The second-order valence-corrected chi connectivity index (χ2v) is 5.28. The van der Waals surface area contributed by atoms with Crippen molar-refractivity contribution in [1.82, 2.24) is 0 Å². The molecule has 3 rings (SSSR count). The van der Waals surface area contributed by atoms with Gasteiger partial charge in [0.15, 0.2) is 5.78 Å². The molecule has 0 saturated carbocycles. The topological polar surface area (TPSA) is 63.2 Å². The highest BCUT2D eigenvalue weighted by molar-refractivity contribution is 6.23. The molecule has 0 heterocycles. The Labute approximate surface area is 127 Å². The second-order valence-electron chi connectivity index (χ2n) is 5.28. The Bertz CT molecular complexity index is 784. The summed E-state index contributed by atoms with van der Waals surface area (Å²) in [4.78, 5) is 33.6. The third-order valence-corrected chi connectivity index (χ3v) is 3.88. The molecule has 0 fully saturated rings. The van der Waals surface area contributed by atoms with E-state index >= 15 is 0 Å². The summed E-state index contributed by atoms with van der Waals surface area (Å²) in [6, 6.07) is 9.76. The highest BCUT2D eigenvalue weighted by Crippen LogP contribution is 2.33. The number of nitrogens with one attached hydrogen (secondary N) is 1. The van der Waals surface area contributed by atoms with Gasteiger partial charge in [-0.05, 0) is 29.5 Å². The van der Waals surface area contributed by atoms with Crippen molar-refractivity contribution in [3.8, 4) is 0 Å². The lowest BCUT2D eigenvalue weighted by Gasteiger charge is -2.17. The first-order valence-electron chi connectivity index (χ1n) is 7.17. The van der Waals surface area contributed by atoms with Gasteiger partial charge in [-0.2, -0.15) is 0 Å². The molecule has 0 aromatic heterocycles. The fraction of sp³-hybridized carbons (Fsp3) is 0.167. The fourth-order valence-corrected chi connectivity index (χ4v) is 2.74. The summed E-state index contributed by atoms with van der Waals surface area (Å²) in [6.45, 7) is 0.458. The molecule has 0 saturated heterocycles. The first-order valence-corrected chi connectivity index (χ1v) is 7.17. The Morgan fingerprint density at radius 2 is 1.86 bits per heavy atom. The maximum Gasteiger partial charge on any atom is 0.188 e. The van der Waals surface area contributed by atoms with Gasteiger partial charge in [-0.15, -0.1) is 0 Å². The van der Waals surface area contributed by atoms with Gasteiger partial charge in [0.05, 0.1) is 11.5 Å². The smallest absolute Gasteiger partial charge is 0.188 e. The number of ketones is 1. The molecule has 0 radical (unpaired) electrons. The molecular weight excluding hydrogens is 278 g/mol. The van der Waals surface area contributed by atoms with Crippen LogP contribution in [0.25, 0.3) is 16.8 Å². The van der Waals surface area contributed by atoms with Crippen LogP contribution in [-0.4, -0.2) is 24.9 Å². The molecule has 0 atom stereocenters. The average molecular weight is 293 g/mol. The van der Waals surface area contributed by atoms with Crippen molar-refractivity contribution in [2.24, 2.45) is 5.92 Å². The highest BCUT2D eigenvalue weighted by Gasteiger charge is 2.18. The molecule has 0 bridgehead atoms. The van der Waals surface area contributed by atoms with Crippen molar-refractivity contribution in [2.45, 2.75) is 6.42 Å². The van der Waals surface area contributed by atoms with E-state index in [1.165, 1.54) is 0 Å². The highest BCUT2D eigenvalue weighted by atomic mass is 16.1. The van der Waals surface area contributed by atoms with Crippen LogP contribution in [0.15, 0.2) is 36.4 Å². The molecule has 2 aromatic carbocycles. The summed E-state index contributed by atoms with van der Waals surface area (Å²) in [7, 11) is 0.